The largest absolute Gasteiger partial charge is 0.481 e. The van der Waals surface area contributed by atoms with Crippen molar-refractivity contribution in [1.29, 1.82) is 0 Å². The Bertz CT molecular complexity index is 787. The summed E-state index contributed by atoms with van der Waals surface area (Å²) in [6.45, 7) is 2.32. The van der Waals surface area contributed by atoms with Gasteiger partial charge in [0.25, 0.3) is 0 Å². The fourth-order valence-corrected chi connectivity index (χ4v) is 3.88. The van der Waals surface area contributed by atoms with Crippen LogP contribution in [0.3, 0.4) is 0 Å². The zero-order chi connectivity index (χ0) is 19.9. The summed E-state index contributed by atoms with van der Waals surface area (Å²) in [4.78, 5) is 23.4. The van der Waals surface area contributed by atoms with Crippen molar-refractivity contribution in [2.45, 2.75) is 51.0 Å². The van der Waals surface area contributed by atoms with Crippen LogP contribution in [0.5, 0.6) is 0 Å². The van der Waals surface area contributed by atoms with E-state index >= 15 is 0 Å². The average molecular weight is 381 g/mol. The number of benzene rings is 2. The molecule has 1 aliphatic carbocycles. The van der Waals surface area contributed by atoms with Crippen molar-refractivity contribution < 1.29 is 19.4 Å². The summed E-state index contributed by atoms with van der Waals surface area (Å²) in [5.41, 5.74) is 4.66. The van der Waals surface area contributed by atoms with Crippen LogP contribution >= 0.6 is 0 Å². The number of aliphatic carboxylic acids is 1. The van der Waals surface area contributed by atoms with Gasteiger partial charge in [-0.25, -0.2) is 4.79 Å². The maximum atomic E-state index is 12.3. The maximum absolute atomic E-state index is 12.3. The molecular formula is C23H27NO4. The molecule has 1 amide bonds. The van der Waals surface area contributed by atoms with Crippen molar-refractivity contribution >= 4 is 12.1 Å². The molecule has 5 nitrogen and oxygen atoms in total. The van der Waals surface area contributed by atoms with Gasteiger partial charge in [0, 0.05) is 12.0 Å². The molecule has 0 heterocycles. The number of amides is 1. The lowest BCUT2D eigenvalue weighted by Gasteiger charge is -2.19. The predicted molar refractivity (Wildman–Crippen MR) is 108 cm³/mol. The fraction of sp³-hybridized carbons (Fsp3) is 0.391. The molecule has 148 valence electrons. The number of rotatable bonds is 9. The van der Waals surface area contributed by atoms with Gasteiger partial charge in [-0.2, -0.15) is 0 Å². The number of unbranched alkanes of at least 4 members (excludes halogenated alkanes) is 2. The molecule has 0 saturated carbocycles. The Hall–Kier alpha value is -2.82. The van der Waals surface area contributed by atoms with Gasteiger partial charge in [-0.15, -0.1) is 0 Å². The Morgan fingerprint density at radius 3 is 2.21 bits per heavy atom. The number of alkyl carbamates (subject to hydrolysis) is 1. The van der Waals surface area contributed by atoms with E-state index in [0.29, 0.717) is 6.42 Å². The molecule has 0 saturated heterocycles. The molecule has 1 atom stereocenters. The molecule has 0 aliphatic heterocycles. The number of hydrogen-bond donors (Lipinski definition) is 2. The van der Waals surface area contributed by atoms with Crippen LogP contribution in [0.25, 0.3) is 11.1 Å². The van der Waals surface area contributed by atoms with Gasteiger partial charge in [0.05, 0.1) is 6.42 Å². The second-order valence-corrected chi connectivity index (χ2v) is 7.26. The molecule has 1 aliphatic rings. The average Bonchev–Trinajstić information content (AvgIpc) is 3.00. The van der Waals surface area contributed by atoms with Crippen LogP contribution in [-0.2, 0) is 9.53 Å². The maximum Gasteiger partial charge on any atom is 0.407 e. The van der Waals surface area contributed by atoms with Gasteiger partial charge in [0.15, 0.2) is 0 Å². The van der Waals surface area contributed by atoms with E-state index in [-0.39, 0.29) is 18.9 Å². The fourth-order valence-electron chi connectivity index (χ4n) is 3.88. The quantitative estimate of drug-likeness (QED) is 0.603. The monoisotopic (exact) mass is 381 g/mol. The molecule has 0 fully saturated rings. The number of ether oxygens (including phenoxy) is 1. The molecule has 0 radical (unpaired) electrons. The van der Waals surface area contributed by atoms with E-state index in [2.05, 4.69) is 36.5 Å². The second kappa shape index (κ2) is 9.40. The summed E-state index contributed by atoms with van der Waals surface area (Å²) in [5, 5.41) is 11.8. The predicted octanol–water partition coefficient (Wildman–Crippen LogP) is 4.95. The molecule has 3 rings (SSSR count). The Morgan fingerprint density at radius 1 is 1.04 bits per heavy atom. The van der Waals surface area contributed by atoms with Gasteiger partial charge >= 0.3 is 12.1 Å². The van der Waals surface area contributed by atoms with Crippen molar-refractivity contribution in [3.63, 3.8) is 0 Å². The highest BCUT2D eigenvalue weighted by molar-refractivity contribution is 5.79. The summed E-state index contributed by atoms with van der Waals surface area (Å²) in [5.74, 6) is -0.920. The van der Waals surface area contributed by atoms with E-state index in [1.807, 2.05) is 24.3 Å². The van der Waals surface area contributed by atoms with E-state index in [1.54, 1.807) is 0 Å². The Labute approximate surface area is 165 Å². The highest BCUT2D eigenvalue weighted by Crippen LogP contribution is 2.44. The first-order valence-electron chi connectivity index (χ1n) is 9.93. The SMILES string of the molecule is CCCCCC(CC(=O)O)NC(=O)OCC1c2ccccc2-c2ccccc21. The number of carbonyl (C=O) groups excluding carboxylic acids is 1. The molecule has 0 spiro atoms. The number of carboxylic acids is 1. The first-order valence-corrected chi connectivity index (χ1v) is 9.93. The summed E-state index contributed by atoms with van der Waals surface area (Å²) in [6, 6.07) is 15.9. The number of carboxylic acid groups (broad SMARTS) is 1. The minimum Gasteiger partial charge on any atom is -0.481 e. The Balaban J connectivity index is 1.63. The lowest BCUT2D eigenvalue weighted by molar-refractivity contribution is -0.137. The van der Waals surface area contributed by atoms with Gasteiger partial charge in [-0.05, 0) is 28.7 Å². The number of fused-ring (bicyclic) bond motifs is 3. The molecule has 2 aromatic rings. The molecule has 0 aromatic heterocycles. The van der Waals surface area contributed by atoms with E-state index in [0.717, 1.165) is 30.4 Å². The zero-order valence-corrected chi connectivity index (χ0v) is 16.2. The highest BCUT2D eigenvalue weighted by atomic mass is 16.5. The molecule has 5 heteroatoms. The summed E-state index contributed by atoms with van der Waals surface area (Å²) in [7, 11) is 0. The van der Waals surface area contributed by atoms with E-state index in [9.17, 15) is 9.59 Å². The van der Waals surface area contributed by atoms with Gasteiger partial charge in [-0.3, -0.25) is 4.79 Å². The summed E-state index contributed by atoms with van der Waals surface area (Å²) in [6.07, 6.45) is 2.95. The molecule has 2 aromatic carbocycles. The van der Waals surface area contributed by atoms with E-state index in [4.69, 9.17) is 9.84 Å². The molecule has 1 unspecified atom stereocenters. The molecular weight excluding hydrogens is 354 g/mol. The first kappa shape index (κ1) is 19.9. The number of carbonyl (C=O) groups is 2. The van der Waals surface area contributed by atoms with Crippen LogP contribution in [0.1, 0.15) is 56.1 Å². The topological polar surface area (TPSA) is 75.6 Å². The smallest absolute Gasteiger partial charge is 0.407 e. The Morgan fingerprint density at radius 2 is 1.64 bits per heavy atom. The summed E-state index contributed by atoms with van der Waals surface area (Å²) < 4.78 is 5.52. The van der Waals surface area contributed by atoms with Crippen LogP contribution in [-0.4, -0.2) is 29.8 Å². The van der Waals surface area contributed by atoms with E-state index < -0.39 is 18.1 Å². The number of nitrogens with one attached hydrogen (secondary N) is 1. The van der Waals surface area contributed by atoms with Crippen molar-refractivity contribution in [2.75, 3.05) is 6.61 Å². The van der Waals surface area contributed by atoms with Gasteiger partial charge in [-0.1, -0.05) is 74.7 Å². The molecule has 28 heavy (non-hydrogen) atoms. The van der Waals surface area contributed by atoms with Crippen molar-refractivity contribution in [2.24, 2.45) is 0 Å². The normalized spacial score (nSPS) is 13.5. The minimum atomic E-state index is -0.916. The van der Waals surface area contributed by atoms with E-state index in [1.165, 1.54) is 11.1 Å². The molecule has 2 N–H and O–H groups in total. The minimum absolute atomic E-state index is 0.00355. The standard InChI is InChI=1S/C23H27NO4/c1-2-3-4-9-16(14-22(25)26)24-23(27)28-15-21-19-12-7-5-10-17(19)18-11-6-8-13-20(18)21/h5-8,10-13,16,21H,2-4,9,14-15H2,1H3,(H,24,27)(H,25,26). The van der Waals surface area contributed by atoms with Gasteiger partial charge in [0.1, 0.15) is 6.61 Å². The van der Waals surface area contributed by atoms with Crippen molar-refractivity contribution in [3.05, 3.63) is 59.7 Å². The summed E-state index contributed by atoms with van der Waals surface area (Å²) >= 11 is 0. The second-order valence-electron chi connectivity index (χ2n) is 7.26. The zero-order valence-electron chi connectivity index (χ0n) is 16.2. The third-order valence-electron chi connectivity index (χ3n) is 5.24. The third kappa shape index (κ3) is 4.71. The van der Waals surface area contributed by atoms with Gasteiger partial charge in [0.2, 0.25) is 0 Å². The van der Waals surface area contributed by atoms with Crippen LogP contribution in [0.15, 0.2) is 48.5 Å². The highest BCUT2D eigenvalue weighted by Gasteiger charge is 2.29. The number of hydrogen-bond acceptors (Lipinski definition) is 3. The lowest BCUT2D eigenvalue weighted by Crippen LogP contribution is -2.37. The van der Waals surface area contributed by atoms with Crippen LogP contribution in [0.2, 0.25) is 0 Å². The van der Waals surface area contributed by atoms with Crippen molar-refractivity contribution in [3.8, 4) is 11.1 Å². The lowest BCUT2D eigenvalue weighted by atomic mass is 9.98. The third-order valence-corrected chi connectivity index (χ3v) is 5.24. The van der Waals surface area contributed by atoms with Crippen LogP contribution < -0.4 is 5.32 Å². The van der Waals surface area contributed by atoms with Gasteiger partial charge < -0.3 is 15.2 Å². The molecule has 0 bridgehead atoms. The first-order chi connectivity index (χ1) is 13.6. The van der Waals surface area contributed by atoms with Crippen molar-refractivity contribution in [1.82, 2.24) is 5.32 Å². The Kier molecular flexibility index (Phi) is 6.69. The van der Waals surface area contributed by atoms with Crippen LogP contribution in [0, 0.1) is 0 Å². The van der Waals surface area contributed by atoms with Crippen LogP contribution in [0.4, 0.5) is 4.79 Å².